The fraction of sp³-hybridized carbons (Fsp3) is 0.393. The fourth-order valence-corrected chi connectivity index (χ4v) is 6.95. The van der Waals surface area contributed by atoms with Crippen molar-refractivity contribution >= 4 is 32.7 Å². The standard InChI is InChI=1S/C28H31N5O4S/c1-17-7-5-6-8-23(17)33-25(11-12-26(33)34)28-29-22-15-20(27-18(2)30-37-19(27)3)9-10-24(22)32(28)21-13-14-31(16-21)38(4,35)36/h5-10,15,21,25H,11-14,16H2,1-4H3/t21-,25+/m1/s1. The van der Waals surface area contributed by atoms with Crippen LogP contribution in [0.1, 0.15) is 54.2 Å². The Morgan fingerprint density at radius 3 is 2.53 bits per heavy atom. The maximum absolute atomic E-state index is 13.2. The predicted octanol–water partition coefficient (Wildman–Crippen LogP) is 4.69. The zero-order valence-electron chi connectivity index (χ0n) is 22.0. The summed E-state index contributed by atoms with van der Waals surface area (Å²) in [6.45, 7) is 6.67. The van der Waals surface area contributed by atoms with Gasteiger partial charge in [-0.3, -0.25) is 4.79 Å². The second-order valence-electron chi connectivity index (χ2n) is 10.4. The minimum atomic E-state index is -3.31. The summed E-state index contributed by atoms with van der Waals surface area (Å²) in [4.78, 5) is 20.2. The van der Waals surface area contributed by atoms with E-state index in [4.69, 9.17) is 9.51 Å². The van der Waals surface area contributed by atoms with Crippen LogP contribution in [0.3, 0.4) is 0 Å². The lowest BCUT2D eigenvalue weighted by Gasteiger charge is -2.28. The van der Waals surface area contributed by atoms with Crippen LogP contribution in [0.4, 0.5) is 5.69 Å². The molecule has 38 heavy (non-hydrogen) atoms. The lowest BCUT2D eigenvalue weighted by Crippen LogP contribution is -2.31. The summed E-state index contributed by atoms with van der Waals surface area (Å²) in [6, 6.07) is 13.7. The van der Waals surface area contributed by atoms with Gasteiger partial charge in [0.1, 0.15) is 11.6 Å². The van der Waals surface area contributed by atoms with Crippen LogP contribution < -0.4 is 4.90 Å². The normalized spacial score (nSPS) is 20.7. The number of anilines is 1. The van der Waals surface area contributed by atoms with Crippen molar-refractivity contribution in [2.24, 2.45) is 0 Å². The number of benzene rings is 2. The van der Waals surface area contributed by atoms with E-state index in [-0.39, 0.29) is 18.0 Å². The van der Waals surface area contributed by atoms with E-state index in [1.54, 1.807) is 0 Å². The smallest absolute Gasteiger partial charge is 0.227 e. The highest BCUT2D eigenvalue weighted by molar-refractivity contribution is 7.88. The summed E-state index contributed by atoms with van der Waals surface area (Å²) >= 11 is 0. The Hall–Kier alpha value is -3.50. The lowest BCUT2D eigenvalue weighted by molar-refractivity contribution is -0.117. The highest BCUT2D eigenvalue weighted by Crippen LogP contribution is 2.42. The van der Waals surface area contributed by atoms with Crippen LogP contribution in [0.25, 0.3) is 22.2 Å². The number of carbonyl (C=O) groups is 1. The van der Waals surface area contributed by atoms with Gasteiger partial charge in [0.25, 0.3) is 0 Å². The van der Waals surface area contributed by atoms with Crippen LogP contribution in [-0.2, 0) is 14.8 Å². The molecule has 2 atom stereocenters. The van der Waals surface area contributed by atoms with E-state index in [2.05, 4.69) is 9.72 Å². The molecule has 0 bridgehead atoms. The van der Waals surface area contributed by atoms with Gasteiger partial charge in [0, 0.05) is 30.8 Å². The molecule has 4 aromatic rings. The number of sulfonamides is 1. The summed E-state index contributed by atoms with van der Waals surface area (Å²) in [5, 5.41) is 4.11. The summed E-state index contributed by atoms with van der Waals surface area (Å²) in [5.41, 5.74) is 6.38. The molecule has 6 rings (SSSR count). The first-order valence-corrected chi connectivity index (χ1v) is 14.8. The van der Waals surface area contributed by atoms with Gasteiger partial charge in [0.05, 0.1) is 35.1 Å². The summed E-state index contributed by atoms with van der Waals surface area (Å²) < 4.78 is 33.8. The van der Waals surface area contributed by atoms with Gasteiger partial charge in [-0.25, -0.2) is 17.7 Å². The number of nitrogens with zero attached hydrogens (tertiary/aromatic N) is 5. The zero-order valence-corrected chi connectivity index (χ0v) is 22.8. The highest BCUT2D eigenvalue weighted by Gasteiger charge is 2.40. The van der Waals surface area contributed by atoms with Gasteiger partial charge in [0.15, 0.2) is 0 Å². The summed E-state index contributed by atoms with van der Waals surface area (Å²) in [5.74, 6) is 1.61. The number of rotatable bonds is 5. The van der Waals surface area contributed by atoms with Crippen molar-refractivity contribution in [3.63, 3.8) is 0 Å². The van der Waals surface area contributed by atoms with Crippen molar-refractivity contribution in [1.29, 1.82) is 0 Å². The molecule has 0 radical (unpaired) electrons. The minimum absolute atomic E-state index is 0.0727. The van der Waals surface area contributed by atoms with E-state index in [0.29, 0.717) is 32.4 Å². The number of hydrogen-bond donors (Lipinski definition) is 0. The van der Waals surface area contributed by atoms with Crippen molar-refractivity contribution in [2.75, 3.05) is 24.2 Å². The molecule has 2 saturated heterocycles. The Kier molecular flexibility index (Phi) is 5.92. The van der Waals surface area contributed by atoms with Crippen molar-refractivity contribution in [2.45, 2.75) is 52.1 Å². The predicted molar refractivity (Wildman–Crippen MR) is 145 cm³/mol. The molecule has 2 fully saturated rings. The van der Waals surface area contributed by atoms with Gasteiger partial charge < -0.3 is 14.0 Å². The monoisotopic (exact) mass is 533 g/mol. The first kappa shape index (κ1) is 24.8. The molecule has 198 valence electrons. The average Bonchev–Trinajstić information content (AvgIpc) is 3.64. The first-order valence-electron chi connectivity index (χ1n) is 12.9. The van der Waals surface area contributed by atoms with Gasteiger partial charge in [-0.1, -0.05) is 29.4 Å². The second-order valence-corrected chi connectivity index (χ2v) is 12.4. The van der Waals surface area contributed by atoms with E-state index in [1.807, 2.05) is 68.1 Å². The van der Waals surface area contributed by atoms with Crippen LogP contribution >= 0.6 is 0 Å². The number of amides is 1. The van der Waals surface area contributed by atoms with Crippen LogP contribution in [0, 0.1) is 20.8 Å². The van der Waals surface area contributed by atoms with Crippen LogP contribution in [0.5, 0.6) is 0 Å². The highest BCUT2D eigenvalue weighted by atomic mass is 32.2. The summed E-state index contributed by atoms with van der Waals surface area (Å²) in [6.07, 6.45) is 3.03. The Balaban J connectivity index is 1.52. The third-order valence-electron chi connectivity index (χ3n) is 7.88. The van der Waals surface area contributed by atoms with Crippen molar-refractivity contribution < 1.29 is 17.7 Å². The molecule has 0 N–H and O–H groups in total. The number of para-hydroxylation sites is 1. The molecule has 0 unspecified atom stereocenters. The molecule has 0 saturated carbocycles. The van der Waals surface area contributed by atoms with E-state index in [0.717, 1.165) is 50.7 Å². The molecule has 0 spiro atoms. The van der Waals surface area contributed by atoms with E-state index in [1.165, 1.54) is 10.6 Å². The topological polar surface area (TPSA) is 102 Å². The van der Waals surface area contributed by atoms with Crippen molar-refractivity contribution in [3.8, 4) is 11.1 Å². The Bertz CT molecular complexity index is 1650. The Morgan fingerprint density at radius 1 is 1.05 bits per heavy atom. The van der Waals surface area contributed by atoms with Crippen molar-refractivity contribution in [1.82, 2.24) is 19.0 Å². The largest absolute Gasteiger partial charge is 0.361 e. The van der Waals surface area contributed by atoms with Gasteiger partial charge in [0.2, 0.25) is 15.9 Å². The summed E-state index contributed by atoms with van der Waals surface area (Å²) in [7, 11) is -3.31. The molecule has 2 aromatic carbocycles. The number of fused-ring (bicyclic) bond motifs is 1. The number of imidazole rings is 1. The maximum Gasteiger partial charge on any atom is 0.227 e. The van der Waals surface area contributed by atoms with Crippen LogP contribution in [0.2, 0.25) is 0 Å². The van der Waals surface area contributed by atoms with Gasteiger partial charge in [-0.2, -0.15) is 0 Å². The molecule has 9 nitrogen and oxygen atoms in total. The maximum atomic E-state index is 13.2. The molecule has 2 aromatic heterocycles. The zero-order chi connectivity index (χ0) is 26.8. The molecular formula is C28H31N5O4S. The second kappa shape index (κ2) is 9.06. The van der Waals surface area contributed by atoms with Crippen LogP contribution in [-0.4, -0.2) is 52.7 Å². The number of hydrogen-bond acceptors (Lipinski definition) is 6. The van der Waals surface area contributed by atoms with Gasteiger partial charge in [-0.05, 0) is 62.9 Å². The van der Waals surface area contributed by atoms with Gasteiger partial charge in [-0.15, -0.1) is 0 Å². The molecule has 0 aliphatic carbocycles. The quantitative estimate of drug-likeness (QED) is 0.369. The molecule has 2 aliphatic rings. The van der Waals surface area contributed by atoms with Gasteiger partial charge >= 0.3 is 0 Å². The SMILES string of the molecule is Cc1ccccc1N1C(=O)CC[C@H]1c1nc2cc(-c3c(C)noc3C)ccc2n1[C@@H]1CCN(S(C)(=O)=O)C1. The average molecular weight is 534 g/mol. The number of aryl methyl sites for hydroxylation is 3. The Morgan fingerprint density at radius 2 is 1.84 bits per heavy atom. The van der Waals surface area contributed by atoms with E-state index < -0.39 is 10.0 Å². The fourth-order valence-electron chi connectivity index (χ4n) is 6.07. The molecule has 4 heterocycles. The third-order valence-corrected chi connectivity index (χ3v) is 9.15. The minimum Gasteiger partial charge on any atom is -0.361 e. The van der Waals surface area contributed by atoms with E-state index in [9.17, 15) is 13.2 Å². The molecule has 1 amide bonds. The van der Waals surface area contributed by atoms with E-state index >= 15 is 0 Å². The molecule has 2 aliphatic heterocycles. The van der Waals surface area contributed by atoms with Crippen molar-refractivity contribution in [3.05, 3.63) is 65.3 Å². The third kappa shape index (κ3) is 4.03. The first-order chi connectivity index (χ1) is 18.1. The number of aromatic nitrogens is 3. The Labute approximate surface area is 222 Å². The number of carbonyl (C=O) groups excluding carboxylic acids is 1. The lowest BCUT2D eigenvalue weighted by atomic mass is 10.0. The van der Waals surface area contributed by atoms with Crippen LogP contribution in [0.15, 0.2) is 47.0 Å². The molecular weight excluding hydrogens is 502 g/mol. The molecule has 10 heteroatoms.